The standard InChI is InChI=1S/C17H12INO/c18-16-11-19-9-8-13(16)10-17(20)15-7-3-5-12-4-1-2-6-14(12)15/h1-9,11H,10H2. The van der Waals surface area contributed by atoms with Gasteiger partial charge < -0.3 is 0 Å². The molecule has 1 heterocycles. The Hall–Kier alpha value is -1.75. The number of benzene rings is 2. The molecule has 20 heavy (non-hydrogen) atoms. The molecule has 1 aromatic heterocycles. The molecule has 3 aromatic rings. The summed E-state index contributed by atoms with van der Waals surface area (Å²) in [4.78, 5) is 16.6. The van der Waals surface area contributed by atoms with Crippen molar-refractivity contribution in [3.05, 3.63) is 75.6 Å². The Morgan fingerprint density at radius 1 is 1.05 bits per heavy atom. The molecule has 3 rings (SSSR count). The first-order valence-corrected chi connectivity index (χ1v) is 7.43. The van der Waals surface area contributed by atoms with Crippen molar-refractivity contribution in [2.45, 2.75) is 6.42 Å². The van der Waals surface area contributed by atoms with Crippen LogP contribution < -0.4 is 0 Å². The van der Waals surface area contributed by atoms with E-state index >= 15 is 0 Å². The predicted octanol–water partition coefficient (Wildman–Crippen LogP) is 4.26. The molecule has 0 unspecified atom stereocenters. The van der Waals surface area contributed by atoms with E-state index < -0.39 is 0 Å². The summed E-state index contributed by atoms with van der Waals surface area (Å²) in [7, 11) is 0. The average molecular weight is 373 g/mol. The molecule has 2 aromatic carbocycles. The summed E-state index contributed by atoms with van der Waals surface area (Å²) >= 11 is 2.22. The zero-order chi connectivity index (χ0) is 13.9. The summed E-state index contributed by atoms with van der Waals surface area (Å²) in [6.07, 6.45) is 3.93. The van der Waals surface area contributed by atoms with Crippen LogP contribution in [0.25, 0.3) is 10.8 Å². The quantitative estimate of drug-likeness (QED) is 0.507. The van der Waals surface area contributed by atoms with Crippen LogP contribution in [0.1, 0.15) is 15.9 Å². The molecule has 3 heteroatoms. The SMILES string of the molecule is O=C(Cc1ccncc1I)c1cccc2ccccc12. The van der Waals surface area contributed by atoms with Crippen molar-refractivity contribution in [2.75, 3.05) is 0 Å². The molecule has 0 N–H and O–H groups in total. The highest BCUT2D eigenvalue weighted by Crippen LogP contribution is 2.21. The maximum absolute atomic E-state index is 12.6. The lowest BCUT2D eigenvalue weighted by atomic mass is 9.98. The van der Waals surface area contributed by atoms with Gasteiger partial charge in [-0.25, -0.2) is 0 Å². The molecule has 98 valence electrons. The minimum Gasteiger partial charge on any atom is -0.294 e. The second kappa shape index (κ2) is 5.71. The van der Waals surface area contributed by atoms with Crippen molar-refractivity contribution in [1.29, 1.82) is 0 Å². The number of Topliss-reactive ketones (excluding diaryl/α,β-unsaturated/α-hetero) is 1. The molecule has 0 aliphatic rings. The lowest BCUT2D eigenvalue weighted by Gasteiger charge is -2.07. The van der Waals surface area contributed by atoms with Crippen LogP contribution in [0.4, 0.5) is 0 Å². The summed E-state index contributed by atoms with van der Waals surface area (Å²) in [5.41, 5.74) is 1.81. The zero-order valence-corrected chi connectivity index (χ0v) is 12.9. The van der Waals surface area contributed by atoms with Gasteiger partial charge in [-0.15, -0.1) is 0 Å². The van der Waals surface area contributed by atoms with Gasteiger partial charge in [-0.3, -0.25) is 9.78 Å². The van der Waals surface area contributed by atoms with Crippen LogP contribution in [-0.2, 0) is 6.42 Å². The van der Waals surface area contributed by atoms with Crippen molar-refractivity contribution in [1.82, 2.24) is 4.98 Å². The molecule has 0 aliphatic carbocycles. The van der Waals surface area contributed by atoms with Gasteiger partial charge in [0.25, 0.3) is 0 Å². The van der Waals surface area contributed by atoms with E-state index in [1.807, 2.05) is 48.5 Å². The average Bonchev–Trinajstić information content (AvgIpc) is 2.49. The number of halogens is 1. The molecular formula is C17H12INO. The number of ketones is 1. The lowest BCUT2D eigenvalue weighted by Crippen LogP contribution is -2.05. The second-order valence-corrected chi connectivity index (χ2v) is 5.76. The number of rotatable bonds is 3. The van der Waals surface area contributed by atoms with Crippen LogP contribution in [0.15, 0.2) is 60.9 Å². The van der Waals surface area contributed by atoms with E-state index in [0.717, 1.165) is 25.5 Å². The van der Waals surface area contributed by atoms with Crippen molar-refractivity contribution in [3.63, 3.8) is 0 Å². The summed E-state index contributed by atoms with van der Waals surface area (Å²) in [5.74, 6) is 0.144. The Labute approximate surface area is 131 Å². The van der Waals surface area contributed by atoms with Gasteiger partial charge in [0.05, 0.1) is 0 Å². The maximum atomic E-state index is 12.6. The number of carbonyl (C=O) groups is 1. The van der Waals surface area contributed by atoms with Crippen LogP contribution in [0.2, 0.25) is 0 Å². The van der Waals surface area contributed by atoms with E-state index in [-0.39, 0.29) is 5.78 Å². The smallest absolute Gasteiger partial charge is 0.167 e. The second-order valence-electron chi connectivity index (χ2n) is 4.59. The fourth-order valence-corrected chi connectivity index (χ4v) is 2.82. The number of hydrogen-bond donors (Lipinski definition) is 0. The summed E-state index contributed by atoms with van der Waals surface area (Å²) < 4.78 is 1.03. The Kier molecular flexibility index (Phi) is 3.78. The number of carbonyl (C=O) groups excluding carboxylic acids is 1. The summed E-state index contributed by atoms with van der Waals surface area (Å²) in [5, 5.41) is 2.12. The van der Waals surface area contributed by atoms with Gasteiger partial charge in [0.1, 0.15) is 0 Å². The summed E-state index contributed by atoms with van der Waals surface area (Å²) in [6.45, 7) is 0. The van der Waals surface area contributed by atoms with Crippen molar-refractivity contribution >= 4 is 39.1 Å². The maximum Gasteiger partial charge on any atom is 0.167 e. The van der Waals surface area contributed by atoms with Gasteiger partial charge in [-0.2, -0.15) is 0 Å². The number of nitrogens with zero attached hydrogens (tertiary/aromatic N) is 1. The normalized spacial score (nSPS) is 10.7. The highest BCUT2D eigenvalue weighted by molar-refractivity contribution is 14.1. The van der Waals surface area contributed by atoms with Gasteiger partial charge in [-0.1, -0.05) is 42.5 Å². The molecule has 0 fully saturated rings. The van der Waals surface area contributed by atoms with Gasteiger partial charge in [0.15, 0.2) is 5.78 Å². The molecule has 0 saturated heterocycles. The molecule has 0 radical (unpaired) electrons. The molecule has 0 amide bonds. The number of pyridine rings is 1. The van der Waals surface area contributed by atoms with Gasteiger partial charge in [0.2, 0.25) is 0 Å². The fourth-order valence-electron chi connectivity index (χ4n) is 2.28. The van der Waals surface area contributed by atoms with E-state index in [2.05, 4.69) is 27.6 Å². The predicted molar refractivity (Wildman–Crippen MR) is 88.9 cm³/mol. The Balaban J connectivity index is 1.99. The Morgan fingerprint density at radius 2 is 1.85 bits per heavy atom. The number of hydrogen-bond acceptors (Lipinski definition) is 2. The molecule has 0 aliphatic heterocycles. The van der Waals surface area contributed by atoms with Gasteiger partial charge >= 0.3 is 0 Å². The van der Waals surface area contributed by atoms with Crippen LogP contribution in [0, 0.1) is 3.57 Å². The van der Waals surface area contributed by atoms with Crippen LogP contribution in [0.5, 0.6) is 0 Å². The largest absolute Gasteiger partial charge is 0.294 e. The van der Waals surface area contributed by atoms with Gasteiger partial charge in [-0.05, 0) is 45.0 Å². The third kappa shape index (κ3) is 2.58. The van der Waals surface area contributed by atoms with E-state index in [0.29, 0.717) is 6.42 Å². The third-order valence-corrected chi connectivity index (χ3v) is 4.27. The van der Waals surface area contributed by atoms with Crippen LogP contribution >= 0.6 is 22.6 Å². The van der Waals surface area contributed by atoms with E-state index in [4.69, 9.17) is 0 Å². The van der Waals surface area contributed by atoms with Gasteiger partial charge in [0, 0.05) is 27.9 Å². The molecular weight excluding hydrogens is 361 g/mol. The highest BCUT2D eigenvalue weighted by atomic mass is 127. The number of fused-ring (bicyclic) bond motifs is 1. The molecule has 2 nitrogen and oxygen atoms in total. The minimum absolute atomic E-state index is 0.144. The molecule has 0 saturated carbocycles. The van der Waals surface area contributed by atoms with Crippen molar-refractivity contribution < 1.29 is 4.79 Å². The molecule has 0 atom stereocenters. The first-order valence-electron chi connectivity index (χ1n) is 6.35. The van der Waals surface area contributed by atoms with Crippen molar-refractivity contribution in [3.8, 4) is 0 Å². The third-order valence-electron chi connectivity index (χ3n) is 3.30. The van der Waals surface area contributed by atoms with Crippen LogP contribution in [-0.4, -0.2) is 10.8 Å². The molecule has 0 bridgehead atoms. The fraction of sp³-hybridized carbons (Fsp3) is 0.0588. The topological polar surface area (TPSA) is 30.0 Å². The zero-order valence-electron chi connectivity index (χ0n) is 10.7. The number of aromatic nitrogens is 1. The van der Waals surface area contributed by atoms with E-state index in [1.54, 1.807) is 12.4 Å². The van der Waals surface area contributed by atoms with E-state index in [9.17, 15) is 4.79 Å². The monoisotopic (exact) mass is 373 g/mol. The Morgan fingerprint density at radius 3 is 2.70 bits per heavy atom. The first-order chi connectivity index (χ1) is 9.75. The highest BCUT2D eigenvalue weighted by Gasteiger charge is 2.12. The summed E-state index contributed by atoms with van der Waals surface area (Å²) in [6, 6.07) is 15.8. The van der Waals surface area contributed by atoms with Crippen molar-refractivity contribution in [2.24, 2.45) is 0 Å². The minimum atomic E-state index is 0.144. The van der Waals surface area contributed by atoms with Crippen LogP contribution in [0.3, 0.4) is 0 Å². The lowest BCUT2D eigenvalue weighted by molar-refractivity contribution is 0.0994. The Bertz CT molecular complexity index is 777. The van der Waals surface area contributed by atoms with E-state index in [1.165, 1.54) is 0 Å². The first kappa shape index (κ1) is 13.2. The molecule has 0 spiro atoms.